The molecule has 2 amide bonds. The lowest BCUT2D eigenvalue weighted by molar-refractivity contribution is -0.121. The molecule has 0 aliphatic rings. The van der Waals surface area contributed by atoms with Gasteiger partial charge in [0.15, 0.2) is 0 Å². The number of nitrogens with zero attached hydrogens (tertiary/aromatic N) is 1. The van der Waals surface area contributed by atoms with Crippen molar-refractivity contribution < 1.29 is 14.3 Å². The summed E-state index contributed by atoms with van der Waals surface area (Å²) < 4.78 is 5.20. The van der Waals surface area contributed by atoms with Crippen LogP contribution in [0.15, 0.2) is 54.6 Å². The van der Waals surface area contributed by atoms with Crippen molar-refractivity contribution in [3.63, 3.8) is 0 Å². The number of benzene rings is 2. The number of carbonyl (C=O) groups excluding carboxylic acids is 2. The molecule has 0 saturated heterocycles. The second-order valence-electron chi connectivity index (χ2n) is 6.06. The Balaban J connectivity index is 1.77. The van der Waals surface area contributed by atoms with E-state index in [0.717, 1.165) is 18.5 Å². The lowest BCUT2D eigenvalue weighted by Gasteiger charge is -2.21. The number of rotatable bonds is 9. The fraction of sp³-hybridized carbons (Fsp3) is 0.333. The Labute approximate surface area is 155 Å². The predicted molar refractivity (Wildman–Crippen MR) is 103 cm³/mol. The first-order valence-corrected chi connectivity index (χ1v) is 8.83. The van der Waals surface area contributed by atoms with E-state index < -0.39 is 0 Å². The molecule has 1 N–H and O–H groups in total. The maximum absolute atomic E-state index is 12.1. The Morgan fingerprint density at radius 2 is 1.85 bits per heavy atom. The zero-order valence-corrected chi connectivity index (χ0v) is 15.4. The fourth-order valence-corrected chi connectivity index (χ4v) is 2.71. The third kappa shape index (κ3) is 6.24. The van der Waals surface area contributed by atoms with Crippen LogP contribution in [0.25, 0.3) is 0 Å². The summed E-state index contributed by atoms with van der Waals surface area (Å²) >= 11 is 0. The molecular formula is C21H26N2O3. The van der Waals surface area contributed by atoms with E-state index in [0.29, 0.717) is 18.8 Å². The Morgan fingerprint density at radius 3 is 2.54 bits per heavy atom. The lowest BCUT2D eigenvalue weighted by atomic mass is 10.1. The maximum Gasteiger partial charge on any atom is 0.223 e. The zero-order chi connectivity index (χ0) is 18.8. The Hall–Kier alpha value is -2.82. The van der Waals surface area contributed by atoms with Crippen LogP contribution in [-0.2, 0) is 16.0 Å². The van der Waals surface area contributed by atoms with Gasteiger partial charge in [-0.05, 0) is 30.5 Å². The summed E-state index contributed by atoms with van der Waals surface area (Å²) in [6.07, 6.45) is 2.09. The first-order valence-electron chi connectivity index (χ1n) is 8.83. The molecule has 0 saturated carbocycles. The molecule has 0 radical (unpaired) electrons. The van der Waals surface area contributed by atoms with Crippen molar-refractivity contribution in [3.05, 3.63) is 60.2 Å². The van der Waals surface area contributed by atoms with E-state index >= 15 is 0 Å². The molecule has 2 aromatic carbocycles. The molecule has 0 atom stereocenters. The van der Waals surface area contributed by atoms with Crippen LogP contribution >= 0.6 is 0 Å². The van der Waals surface area contributed by atoms with Crippen LogP contribution in [0.4, 0.5) is 5.69 Å². The standard InChI is InChI=1S/C21H26N2O3/c1-17(24)23(19-11-6-12-20(16-19)26-2)15-13-21(25)22-14-7-10-18-8-4-3-5-9-18/h3-6,8-9,11-12,16H,7,10,13-15H2,1-2H3,(H,22,25). The van der Waals surface area contributed by atoms with E-state index in [2.05, 4.69) is 17.4 Å². The van der Waals surface area contributed by atoms with Crippen molar-refractivity contribution in [2.75, 3.05) is 25.1 Å². The number of methoxy groups -OCH3 is 1. The second-order valence-corrected chi connectivity index (χ2v) is 6.06. The van der Waals surface area contributed by atoms with Gasteiger partial charge in [-0.3, -0.25) is 9.59 Å². The molecule has 26 heavy (non-hydrogen) atoms. The number of hydrogen-bond acceptors (Lipinski definition) is 3. The number of anilines is 1. The lowest BCUT2D eigenvalue weighted by Crippen LogP contribution is -2.34. The SMILES string of the molecule is COc1cccc(N(CCC(=O)NCCCc2ccccc2)C(C)=O)c1. The van der Waals surface area contributed by atoms with Gasteiger partial charge in [-0.1, -0.05) is 36.4 Å². The van der Waals surface area contributed by atoms with Gasteiger partial charge in [0.2, 0.25) is 11.8 Å². The first-order chi connectivity index (χ1) is 12.6. The number of aryl methyl sites for hydroxylation is 1. The van der Waals surface area contributed by atoms with Crippen molar-refractivity contribution in [2.45, 2.75) is 26.2 Å². The summed E-state index contributed by atoms with van der Waals surface area (Å²) in [5.74, 6) is 0.529. The molecule has 0 aliphatic heterocycles. The largest absolute Gasteiger partial charge is 0.497 e. The van der Waals surface area contributed by atoms with Gasteiger partial charge in [0.05, 0.1) is 7.11 Å². The van der Waals surface area contributed by atoms with Crippen LogP contribution in [0.2, 0.25) is 0 Å². The van der Waals surface area contributed by atoms with Crippen molar-refractivity contribution >= 4 is 17.5 Å². The van der Waals surface area contributed by atoms with E-state index in [9.17, 15) is 9.59 Å². The molecule has 0 unspecified atom stereocenters. The normalized spacial score (nSPS) is 10.2. The van der Waals surface area contributed by atoms with Crippen LogP contribution in [0.5, 0.6) is 5.75 Å². The average Bonchev–Trinajstić information content (AvgIpc) is 2.66. The smallest absolute Gasteiger partial charge is 0.223 e. The molecule has 0 aliphatic carbocycles. The van der Waals surface area contributed by atoms with Gasteiger partial charge in [0, 0.05) is 38.2 Å². The van der Waals surface area contributed by atoms with Gasteiger partial charge in [-0.2, -0.15) is 0 Å². The van der Waals surface area contributed by atoms with Gasteiger partial charge in [-0.15, -0.1) is 0 Å². The quantitative estimate of drug-likeness (QED) is 0.704. The van der Waals surface area contributed by atoms with Gasteiger partial charge in [-0.25, -0.2) is 0 Å². The maximum atomic E-state index is 12.1. The first kappa shape index (κ1) is 19.5. The van der Waals surface area contributed by atoms with Crippen molar-refractivity contribution in [1.82, 2.24) is 5.32 Å². The van der Waals surface area contributed by atoms with Gasteiger partial charge >= 0.3 is 0 Å². The highest BCUT2D eigenvalue weighted by Crippen LogP contribution is 2.21. The number of amides is 2. The van der Waals surface area contributed by atoms with Crippen LogP contribution in [0.1, 0.15) is 25.3 Å². The molecule has 138 valence electrons. The summed E-state index contributed by atoms with van der Waals surface area (Å²) in [7, 11) is 1.58. The summed E-state index contributed by atoms with van der Waals surface area (Å²) in [6.45, 7) is 2.47. The predicted octanol–water partition coefficient (Wildman–Crippen LogP) is 3.19. The molecule has 0 spiro atoms. The minimum Gasteiger partial charge on any atom is -0.497 e. The number of carbonyl (C=O) groups is 2. The van der Waals surface area contributed by atoms with E-state index in [4.69, 9.17) is 4.74 Å². The third-order valence-corrected chi connectivity index (χ3v) is 4.11. The highest BCUT2D eigenvalue weighted by Gasteiger charge is 2.14. The zero-order valence-electron chi connectivity index (χ0n) is 15.4. The van der Waals surface area contributed by atoms with Crippen molar-refractivity contribution in [1.29, 1.82) is 0 Å². The minimum atomic E-state index is -0.102. The molecule has 0 fully saturated rings. The van der Waals surface area contributed by atoms with Gasteiger partial charge in [0.1, 0.15) is 5.75 Å². The number of ether oxygens (including phenoxy) is 1. The van der Waals surface area contributed by atoms with Gasteiger partial charge < -0.3 is 15.0 Å². The van der Waals surface area contributed by atoms with Crippen LogP contribution in [0, 0.1) is 0 Å². The highest BCUT2D eigenvalue weighted by molar-refractivity contribution is 5.92. The van der Waals surface area contributed by atoms with E-state index in [1.54, 1.807) is 18.1 Å². The van der Waals surface area contributed by atoms with E-state index in [1.807, 2.05) is 36.4 Å². The molecule has 5 nitrogen and oxygen atoms in total. The molecule has 0 heterocycles. The van der Waals surface area contributed by atoms with Crippen LogP contribution < -0.4 is 15.0 Å². The summed E-state index contributed by atoms with van der Waals surface area (Å²) in [4.78, 5) is 25.6. The number of hydrogen-bond donors (Lipinski definition) is 1. The summed E-state index contributed by atoms with van der Waals surface area (Å²) in [5.41, 5.74) is 2.00. The second kappa shape index (κ2) is 10.2. The van der Waals surface area contributed by atoms with Crippen LogP contribution in [-0.4, -0.2) is 32.0 Å². The summed E-state index contributed by atoms with van der Waals surface area (Å²) in [6, 6.07) is 17.5. The van der Waals surface area contributed by atoms with E-state index in [-0.39, 0.29) is 18.2 Å². The monoisotopic (exact) mass is 354 g/mol. The fourth-order valence-electron chi connectivity index (χ4n) is 2.71. The minimum absolute atomic E-state index is 0.0489. The Bertz CT molecular complexity index is 716. The third-order valence-electron chi connectivity index (χ3n) is 4.11. The molecule has 2 aromatic rings. The molecule has 5 heteroatoms. The molecule has 0 aromatic heterocycles. The summed E-state index contributed by atoms with van der Waals surface area (Å²) in [5, 5.41) is 2.92. The molecule has 0 bridgehead atoms. The average molecular weight is 354 g/mol. The Kier molecular flexibility index (Phi) is 7.68. The molecule has 2 rings (SSSR count). The van der Waals surface area contributed by atoms with E-state index in [1.165, 1.54) is 12.5 Å². The molecular weight excluding hydrogens is 328 g/mol. The van der Waals surface area contributed by atoms with Crippen LogP contribution in [0.3, 0.4) is 0 Å². The Morgan fingerprint density at radius 1 is 1.08 bits per heavy atom. The van der Waals surface area contributed by atoms with Gasteiger partial charge in [0.25, 0.3) is 0 Å². The van der Waals surface area contributed by atoms with Crippen molar-refractivity contribution in [2.24, 2.45) is 0 Å². The number of nitrogens with one attached hydrogen (secondary N) is 1. The topological polar surface area (TPSA) is 58.6 Å². The highest BCUT2D eigenvalue weighted by atomic mass is 16.5. The van der Waals surface area contributed by atoms with Crippen molar-refractivity contribution in [3.8, 4) is 5.75 Å².